The first-order valence-corrected chi connectivity index (χ1v) is 7.31. The summed E-state index contributed by atoms with van der Waals surface area (Å²) in [5, 5.41) is 14.9. The minimum atomic E-state index is -0.951. The first-order valence-electron chi connectivity index (χ1n) is 7.31. The van der Waals surface area contributed by atoms with Crippen molar-refractivity contribution in [2.24, 2.45) is 16.3 Å². The van der Waals surface area contributed by atoms with Crippen LogP contribution in [0.2, 0.25) is 0 Å². The molecule has 1 heterocycles. The van der Waals surface area contributed by atoms with Crippen molar-refractivity contribution < 1.29 is 14.4 Å². The van der Waals surface area contributed by atoms with Gasteiger partial charge in [0, 0.05) is 12.5 Å². The predicted octanol–water partition coefficient (Wildman–Crippen LogP) is 2.27. The fourth-order valence-corrected chi connectivity index (χ4v) is 2.39. The second-order valence-corrected chi connectivity index (χ2v) is 5.27. The van der Waals surface area contributed by atoms with Gasteiger partial charge < -0.3 is 20.7 Å². The fraction of sp³-hybridized carbons (Fsp3) is 0.600. The molecule has 0 radical (unpaired) electrons. The number of nitrogens with one attached hydrogen (secondary N) is 1. The van der Waals surface area contributed by atoms with E-state index in [1.165, 1.54) is 0 Å². The zero-order valence-corrected chi connectivity index (χ0v) is 12.9. The lowest BCUT2D eigenvalue weighted by Crippen LogP contribution is -2.51. The van der Waals surface area contributed by atoms with Crippen molar-refractivity contribution in [3.8, 4) is 0 Å². The van der Waals surface area contributed by atoms with Crippen molar-refractivity contribution in [2.45, 2.75) is 52.5 Å². The van der Waals surface area contributed by atoms with E-state index in [1.54, 1.807) is 6.26 Å². The largest absolute Gasteiger partial charge is 0.469 e. The highest BCUT2D eigenvalue weighted by Gasteiger charge is 2.40. The molecule has 0 saturated heterocycles. The van der Waals surface area contributed by atoms with Gasteiger partial charge in [-0.25, -0.2) is 0 Å². The Morgan fingerprint density at radius 1 is 1.52 bits per heavy atom. The zero-order chi connectivity index (χ0) is 15.9. The molecular formula is C15H25N3O3. The molecule has 6 heteroatoms. The average molecular weight is 295 g/mol. The quantitative estimate of drug-likeness (QED) is 0.296. The van der Waals surface area contributed by atoms with E-state index in [9.17, 15) is 4.79 Å². The van der Waals surface area contributed by atoms with Crippen LogP contribution < -0.4 is 11.1 Å². The lowest BCUT2D eigenvalue weighted by Gasteiger charge is -2.30. The lowest BCUT2D eigenvalue weighted by molar-refractivity contribution is -0.128. The van der Waals surface area contributed by atoms with E-state index >= 15 is 0 Å². The number of amides is 1. The van der Waals surface area contributed by atoms with Gasteiger partial charge >= 0.3 is 0 Å². The molecule has 0 fully saturated rings. The molecule has 4 N–H and O–H groups in total. The summed E-state index contributed by atoms with van der Waals surface area (Å²) in [6.45, 7) is 5.65. The number of hydrogen-bond acceptors (Lipinski definition) is 4. The molecule has 1 rings (SSSR count). The predicted molar refractivity (Wildman–Crippen MR) is 81.1 cm³/mol. The summed E-state index contributed by atoms with van der Waals surface area (Å²) >= 11 is 0. The lowest BCUT2D eigenvalue weighted by atomic mass is 9.80. The number of rotatable bonds is 8. The third-order valence-corrected chi connectivity index (χ3v) is 4.02. The van der Waals surface area contributed by atoms with Crippen LogP contribution in [0.5, 0.6) is 0 Å². The van der Waals surface area contributed by atoms with Gasteiger partial charge in [0.2, 0.25) is 5.91 Å². The normalized spacial score (nSPS) is 14.0. The Morgan fingerprint density at radius 2 is 2.19 bits per heavy atom. The van der Waals surface area contributed by atoms with Crippen LogP contribution in [0, 0.1) is 5.41 Å². The Morgan fingerprint density at radius 3 is 2.67 bits per heavy atom. The van der Waals surface area contributed by atoms with E-state index < -0.39 is 5.41 Å². The van der Waals surface area contributed by atoms with Crippen LogP contribution in [-0.4, -0.2) is 23.0 Å². The Hall–Kier alpha value is -1.98. The van der Waals surface area contributed by atoms with Crippen molar-refractivity contribution >= 4 is 11.7 Å². The number of carbonyl (C=O) groups is 1. The van der Waals surface area contributed by atoms with E-state index in [0.717, 1.165) is 18.6 Å². The number of oxime groups is 1. The minimum Gasteiger partial charge on any atom is -0.469 e. The summed E-state index contributed by atoms with van der Waals surface area (Å²) in [5.74, 6) is 0.655. The molecule has 0 aliphatic heterocycles. The fourth-order valence-electron chi connectivity index (χ4n) is 2.39. The SMILES string of the molecule is CCC(CC)(C(=O)NC(C)CCc1ccco1)C(N)=NO. The van der Waals surface area contributed by atoms with E-state index in [0.29, 0.717) is 12.8 Å². The average Bonchev–Trinajstić information content (AvgIpc) is 3.00. The molecule has 0 spiro atoms. The summed E-state index contributed by atoms with van der Waals surface area (Å²) in [6, 6.07) is 3.73. The molecular weight excluding hydrogens is 270 g/mol. The van der Waals surface area contributed by atoms with Gasteiger partial charge in [-0.15, -0.1) is 0 Å². The molecule has 1 unspecified atom stereocenters. The monoisotopic (exact) mass is 295 g/mol. The van der Waals surface area contributed by atoms with Gasteiger partial charge in [0.25, 0.3) is 0 Å². The third kappa shape index (κ3) is 4.00. The van der Waals surface area contributed by atoms with Crippen molar-refractivity contribution in [1.29, 1.82) is 0 Å². The molecule has 0 aliphatic rings. The highest BCUT2D eigenvalue weighted by Crippen LogP contribution is 2.27. The van der Waals surface area contributed by atoms with E-state index in [-0.39, 0.29) is 17.8 Å². The van der Waals surface area contributed by atoms with Crippen LogP contribution in [-0.2, 0) is 11.2 Å². The molecule has 1 amide bonds. The van der Waals surface area contributed by atoms with Crippen molar-refractivity contribution in [3.63, 3.8) is 0 Å². The number of carbonyl (C=O) groups excluding carboxylic acids is 1. The van der Waals surface area contributed by atoms with E-state index in [4.69, 9.17) is 15.4 Å². The molecule has 21 heavy (non-hydrogen) atoms. The maximum absolute atomic E-state index is 12.5. The first-order chi connectivity index (χ1) is 10.00. The molecule has 0 saturated carbocycles. The second-order valence-electron chi connectivity index (χ2n) is 5.27. The third-order valence-electron chi connectivity index (χ3n) is 4.02. The first kappa shape index (κ1) is 17.1. The molecule has 1 atom stereocenters. The van der Waals surface area contributed by atoms with E-state index in [2.05, 4.69) is 10.5 Å². The van der Waals surface area contributed by atoms with Gasteiger partial charge in [-0.05, 0) is 38.3 Å². The second kappa shape index (κ2) is 7.71. The number of nitrogens with zero attached hydrogens (tertiary/aromatic N) is 1. The maximum Gasteiger partial charge on any atom is 0.234 e. The molecule has 0 bridgehead atoms. The number of hydrogen-bond donors (Lipinski definition) is 3. The highest BCUT2D eigenvalue weighted by atomic mass is 16.4. The van der Waals surface area contributed by atoms with Gasteiger partial charge in [-0.3, -0.25) is 4.79 Å². The molecule has 0 aromatic carbocycles. The topological polar surface area (TPSA) is 101 Å². The summed E-state index contributed by atoms with van der Waals surface area (Å²) in [7, 11) is 0. The Kier molecular flexibility index (Phi) is 6.27. The minimum absolute atomic E-state index is 0.0217. The molecule has 1 aromatic rings. The van der Waals surface area contributed by atoms with Crippen LogP contribution >= 0.6 is 0 Å². The molecule has 6 nitrogen and oxygen atoms in total. The Bertz CT molecular complexity index is 465. The van der Waals surface area contributed by atoms with Gasteiger partial charge in [0.1, 0.15) is 11.2 Å². The molecule has 1 aromatic heterocycles. The van der Waals surface area contributed by atoms with Crippen LogP contribution in [0.15, 0.2) is 28.0 Å². The van der Waals surface area contributed by atoms with Crippen LogP contribution in [0.4, 0.5) is 0 Å². The van der Waals surface area contributed by atoms with Crippen LogP contribution in [0.3, 0.4) is 0 Å². The Balaban J connectivity index is 2.64. The van der Waals surface area contributed by atoms with Crippen molar-refractivity contribution in [1.82, 2.24) is 5.32 Å². The van der Waals surface area contributed by atoms with Crippen molar-refractivity contribution in [2.75, 3.05) is 0 Å². The van der Waals surface area contributed by atoms with Gasteiger partial charge in [0.05, 0.1) is 6.26 Å². The summed E-state index contributed by atoms with van der Waals surface area (Å²) in [5.41, 5.74) is 4.77. The molecule has 0 aliphatic carbocycles. The summed E-state index contributed by atoms with van der Waals surface area (Å²) in [6.07, 6.45) is 4.12. The van der Waals surface area contributed by atoms with Crippen LogP contribution in [0.1, 0.15) is 45.8 Å². The van der Waals surface area contributed by atoms with E-state index in [1.807, 2.05) is 32.9 Å². The number of furan rings is 1. The summed E-state index contributed by atoms with van der Waals surface area (Å²) in [4.78, 5) is 12.5. The zero-order valence-electron chi connectivity index (χ0n) is 12.9. The smallest absolute Gasteiger partial charge is 0.234 e. The van der Waals surface area contributed by atoms with Gasteiger partial charge in [0.15, 0.2) is 5.84 Å². The highest BCUT2D eigenvalue weighted by molar-refractivity contribution is 6.06. The van der Waals surface area contributed by atoms with Gasteiger partial charge in [-0.2, -0.15) is 0 Å². The molecule has 118 valence electrons. The number of aryl methyl sites for hydroxylation is 1. The Labute approximate surface area is 125 Å². The number of amidine groups is 1. The number of nitrogens with two attached hydrogens (primary N) is 1. The van der Waals surface area contributed by atoms with Gasteiger partial charge in [-0.1, -0.05) is 19.0 Å². The van der Waals surface area contributed by atoms with Crippen LogP contribution in [0.25, 0.3) is 0 Å². The maximum atomic E-state index is 12.5. The standard InChI is InChI=1S/C15H25N3O3/c1-4-15(5-2,13(16)18-20)14(19)17-11(3)8-9-12-7-6-10-21-12/h6-7,10-11,20H,4-5,8-9H2,1-3H3,(H2,16,18)(H,17,19). The van der Waals surface area contributed by atoms with Crippen molar-refractivity contribution in [3.05, 3.63) is 24.2 Å². The summed E-state index contributed by atoms with van der Waals surface area (Å²) < 4.78 is 5.27.